The number of amides is 2. The Kier molecular flexibility index (Phi) is 5.36. The summed E-state index contributed by atoms with van der Waals surface area (Å²) in [6.45, 7) is 3.55. The lowest BCUT2D eigenvalue weighted by atomic mass is 9.89. The Labute approximate surface area is 175 Å². The van der Waals surface area contributed by atoms with Gasteiger partial charge in [-0.05, 0) is 61.4 Å². The molecule has 152 valence electrons. The van der Waals surface area contributed by atoms with E-state index in [1.54, 1.807) is 16.7 Å². The molecule has 5 heteroatoms. The van der Waals surface area contributed by atoms with E-state index in [4.69, 9.17) is 0 Å². The molecule has 0 fully saturated rings. The Morgan fingerprint density at radius 3 is 2.23 bits per heavy atom. The van der Waals surface area contributed by atoms with Gasteiger partial charge in [-0.25, -0.2) is 4.39 Å². The van der Waals surface area contributed by atoms with Gasteiger partial charge >= 0.3 is 0 Å². The number of carbonyl (C=O) groups is 2. The highest BCUT2D eigenvalue weighted by Gasteiger charge is 2.38. The minimum atomic E-state index is -0.376. The standard InChI is InChI=1S/C25H23FN2O2/c1-17-16-24(28(18(2)29)21-8-4-3-5-9-21)22-10-6-7-11-23(22)27(17)25(30)19-12-14-20(26)15-13-19/h3-15,17,24H,16H2,1-2H3/t17-,24+/m0/s1. The summed E-state index contributed by atoms with van der Waals surface area (Å²) in [4.78, 5) is 29.5. The number of nitrogens with zero attached hydrogens (tertiary/aromatic N) is 2. The highest BCUT2D eigenvalue weighted by atomic mass is 19.1. The minimum Gasteiger partial charge on any atom is -0.305 e. The van der Waals surface area contributed by atoms with Crippen molar-refractivity contribution >= 4 is 23.2 Å². The third-order valence-electron chi connectivity index (χ3n) is 5.56. The van der Waals surface area contributed by atoms with Crippen molar-refractivity contribution in [3.63, 3.8) is 0 Å². The zero-order valence-corrected chi connectivity index (χ0v) is 17.0. The number of hydrogen-bond donors (Lipinski definition) is 0. The number of hydrogen-bond acceptors (Lipinski definition) is 2. The maximum atomic E-state index is 13.3. The van der Waals surface area contributed by atoms with Gasteiger partial charge in [0.25, 0.3) is 5.91 Å². The van der Waals surface area contributed by atoms with Crippen LogP contribution in [0.2, 0.25) is 0 Å². The Morgan fingerprint density at radius 2 is 1.57 bits per heavy atom. The van der Waals surface area contributed by atoms with Crippen molar-refractivity contribution < 1.29 is 14.0 Å². The van der Waals surface area contributed by atoms with Gasteiger partial charge in [-0.2, -0.15) is 0 Å². The molecule has 0 saturated heterocycles. The lowest BCUT2D eigenvalue weighted by Gasteiger charge is -2.43. The van der Waals surface area contributed by atoms with Crippen LogP contribution in [0, 0.1) is 5.82 Å². The first-order valence-corrected chi connectivity index (χ1v) is 10.00. The maximum absolute atomic E-state index is 13.3. The van der Waals surface area contributed by atoms with E-state index in [2.05, 4.69) is 0 Å². The third kappa shape index (κ3) is 3.59. The number of rotatable bonds is 3. The molecule has 0 saturated carbocycles. The van der Waals surface area contributed by atoms with E-state index in [9.17, 15) is 14.0 Å². The van der Waals surface area contributed by atoms with Crippen LogP contribution in [0.4, 0.5) is 15.8 Å². The monoisotopic (exact) mass is 402 g/mol. The van der Waals surface area contributed by atoms with Crippen molar-refractivity contribution in [1.82, 2.24) is 0 Å². The first-order chi connectivity index (χ1) is 14.5. The van der Waals surface area contributed by atoms with Crippen molar-refractivity contribution in [2.45, 2.75) is 32.4 Å². The highest BCUT2D eigenvalue weighted by Crippen LogP contribution is 2.42. The summed E-state index contributed by atoms with van der Waals surface area (Å²) in [6, 6.07) is 22.5. The van der Waals surface area contributed by atoms with E-state index >= 15 is 0 Å². The second-order valence-corrected chi connectivity index (χ2v) is 7.57. The molecule has 3 aromatic rings. The highest BCUT2D eigenvalue weighted by molar-refractivity contribution is 6.07. The summed E-state index contributed by atoms with van der Waals surface area (Å²) in [5, 5.41) is 0. The molecule has 30 heavy (non-hydrogen) atoms. The van der Waals surface area contributed by atoms with Crippen molar-refractivity contribution in [2.24, 2.45) is 0 Å². The fraction of sp³-hybridized carbons (Fsp3) is 0.200. The lowest BCUT2D eigenvalue weighted by molar-refractivity contribution is -0.117. The van der Waals surface area contributed by atoms with Crippen LogP contribution in [0.15, 0.2) is 78.9 Å². The topological polar surface area (TPSA) is 40.6 Å². The summed E-state index contributed by atoms with van der Waals surface area (Å²) in [5.41, 5.74) is 2.96. The summed E-state index contributed by atoms with van der Waals surface area (Å²) in [6.07, 6.45) is 0.596. The molecular formula is C25H23FN2O2. The zero-order chi connectivity index (χ0) is 21.3. The average molecular weight is 402 g/mol. The molecular weight excluding hydrogens is 379 g/mol. The summed E-state index contributed by atoms with van der Waals surface area (Å²) in [5.74, 6) is -0.604. The molecule has 0 aromatic heterocycles. The van der Waals surface area contributed by atoms with Crippen LogP contribution in [0.3, 0.4) is 0 Å². The summed E-state index contributed by atoms with van der Waals surface area (Å²) in [7, 11) is 0. The van der Waals surface area contributed by atoms with E-state index in [0.29, 0.717) is 12.0 Å². The van der Waals surface area contributed by atoms with Gasteiger partial charge in [0.15, 0.2) is 0 Å². The SMILES string of the molecule is CC(=O)N(c1ccccc1)[C@@H]1C[C@H](C)N(C(=O)c2ccc(F)cc2)c2ccccc21. The van der Waals surface area contributed by atoms with Crippen molar-refractivity contribution in [2.75, 3.05) is 9.80 Å². The predicted octanol–water partition coefficient (Wildman–Crippen LogP) is 5.36. The molecule has 4 rings (SSSR count). The summed E-state index contributed by atoms with van der Waals surface area (Å²) < 4.78 is 13.3. The maximum Gasteiger partial charge on any atom is 0.258 e. The molecule has 1 heterocycles. The first kappa shape index (κ1) is 19.8. The van der Waals surface area contributed by atoms with E-state index in [-0.39, 0.29) is 29.7 Å². The molecule has 0 radical (unpaired) electrons. The second kappa shape index (κ2) is 8.11. The quantitative estimate of drug-likeness (QED) is 0.592. The Bertz CT molecular complexity index is 1070. The van der Waals surface area contributed by atoms with Gasteiger partial charge in [0.05, 0.1) is 6.04 Å². The smallest absolute Gasteiger partial charge is 0.258 e. The van der Waals surface area contributed by atoms with Gasteiger partial charge in [0.1, 0.15) is 5.82 Å². The molecule has 0 bridgehead atoms. The number of anilines is 2. The normalized spacial score (nSPS) is 17.9. The molecule has 3 aromatic carbocycles. The van der Waals surface area contributed by atoms with Crippen LogP contribution in [0.1, 0.15) is 42.2 Å². The number of benzene rings is 3. The molecule has 0 unspecified atom stereocenters. The largest absolute Gasteiger partial charge is 0.305 e. The van der Waals surface area contributed by atoms with Crippen LogP contribution in [0.5, 0.6) is 0 Å². The predicted molar refractivity (Wildman–Crippen MR) is 116 cm³/mol. The zero-order valence-electron chi connectivity index (χ0n) is 17.0. The fourth-order valence-electron chi connectivity index (χ4n) is 4.24. The number of fused-ring (bicyclic) bond motifs is 1. The first-order valence-electron chi connectivity index (χ1n) is 10.00. The molecule has 1 aliphatic heterocycles. The van der Waals surface area contributed by atoms with Gasteiger partial charge < -0.3 is 9.80 Å². The average Bonchev–Trinajstić information content (AvgIpc) is 2.74. The van der Waals surface area contributed by atoms with Crippen LogP contribution in [0.25, 0.3) is 0 Å². The number of carbonyl (C=O) groups excluding carboxylic acids is 2. The third-order valence-corrected chi connectivity index (χ3v) is 5.56. The van der Waals surface area contributed by atoms with Crippen molar-refractivity contribution in [3.8, 4) is 0 Å². The van der Waals surface area contributed by atoms with E-state index in [0.717, 1.165) is 16.9 Å². The van der Waals surface area contributed by atoms with E-state index in [1.165, 1.54) is 24.3 Å². The van der Waals surface area contributed by atoms with E-state index < -0.39 is 0 Å². The van der Waals surface area contributed by atoms with Gasteiger partial charge in [0, 0.05) is 29.9 Å². The van der Waals surface area contributed by atoms with Crippen LogP contribution in [-0.2, 0) is 4.79 Å². The van der Waals surface area contributed by atoms with Crippen molar-refractivity contribution in [1.29, 1.82) is 0 Å². The van der Waals surface area contributed by atoms with Crippen molar-refractivity contribution in [3.05, 3.63) is 95.8 Å². The molecule has 0 aliphatic carbocycles. The molecule has 0 spiro atoms. The summed E-state index contributed by atoms with van der Waals surface area (Å²) >= 11 is 0. The van der Waals surface area contributed by atoms with Gasteiger partial charge in [-0.3, -0.25) is 9.59 Å². The van der Waals surface area contributed by atoms with Crippen LogP contribution < -0.4 is 9.80 Å². The van der Waals surface area contributed by atoms with Crippen LogP contribution in [-0.4, -0.2) is 17.9 Å². The van der Waals surface area contributed by atoms with Crippen LogP contribution >= 0.6 is 0 Å². The molecule has 2 atom stereocenters. The molecule has 1 aliphatic rings. The number of halogens is 1. The Morgan fingerprint density at radius 1 is 0.933 bits per heavy atom. The molecule has 2 amide bonds. The van der Waals surface area contributed by atoms with Gasteiger partial charge in [-0.1, -0.05) is 36.4 Å². The molecule has 4 nitrogen and oxygen atoms in total. The fourth-order valence-corrected chi connectivity index (χ4v) is 4.24. The molecule has 0 N–H and O–H groups in total. The lowest BCUT2D eigenvalue weighted by Crippen LogP contribution is -2.47. The minimum absolute atomic E-state index is 0.0495. The van der Waals surface area contributed by atoms with Gasteiger partial charge in [0.2, 0.25) is 5.91 Å². The van der Waals surface area contributed by atoms with Gasteiger partial charge in [-0.15, -0.1) is 0 Å². The Balaban J connectivity index is 1.77. The Hall–Kier alpha value is -3.47. The number of para-hydroxylation sites is 2. The van der Waals surface area contributed by atoms with E-state index in [1.807, 2.05) is 61.5 Å². The second-order valence-electron chi connectivity index (χ2n) is 7.57.